The molecule has 11 heteroatoms. The molecule has 1 atom stereocenters. The van der Waals surface area contributed by atoms with E-state index in [2.05, 4.69) is 14.7 Å². The topological polar surface area (TPSA) is 104 Å². The highest BCUT2D eigenvalue weighted by Crippen LogP contribution is 2.43. The van der Waals surface area contributed by atoms with Crippen LogP contribution in [0.15, 0.2) is 102 Å². The van der Waals surface area contributed by atoms with E-state index in [1.54, 1.807) is 36.5 Å². The summed E-state index contributed by atoms with van der Waals surface area (Å²) in [6, 6.07) is 25.5. The van der Waals surface area contributed by atoms with Gasteiger partial charge in [0.2, 0.25) is 10.0 Å². The normalized spacial score (nSPS) is 14.8. The van der Waals surface area contributed by atoms with E-state index in [1.807, 2.05) is 60.7 Å². The van der Waals surface area contributed by atoms with Crippen LogP contribution in [0.2, 0.25) is 10.0 Å². The minimum absolute atomic E-state index is 0.00162. The molecule has 0 saturated heterocycles. The van der Waals surface area contributed by atoms with Crippen LogP contribution in [0.5, 0.6) is 5.75 Å². The van der Waals surface area contributed by atoms with Gasteiger partial charge < -0.3 is 14.6 Å². The lowest BCUT2D eigenvalue weighted by atomic mass is 9.89. The summed E-state index contributed by atoms with van der Waals surface area (Å²) in [5, 5.41) is 3.04. The van der Waals surface area contributed by atoms with Crippen LogP contribution >= 0.6 is 23.2 Å². The second kappa shape index (κ2) is 12.1. The molecule has 46 heavy (non-hydrogen) atoms. The Morgan fingerprint density at radius 2 is 1.83 bits per heavy atom. The number of amides is 1. The first-order valence-electron chi connectivity index (χ1n) is 14.6. The number of ether oxygens (including phenoxy) is 1. The fourth-order valence-electron chi connectivity index (χ4n) is 6.24. The van der Waals surface area contributed by atoms with Gasteiger partial charge in [0.25, 0.3) is 5.91 Å². The molecule has 3 heterocycles. The fourth-order valence-corrected chi connectivity index (χ4v) is 8.11. The Balaban J connectivity index is 1.34. The van der Waals surface area contributed by atoms with Crippen molar-refractivity contribution in [2.24, 2.45) is 0 Å². The second-order valence-electron chi connectivity index (χ2n) is 11.1. The number of aromatic nitrogens is 2. The van der Waals surface area contributed by atoms with Crippen molar-refractivity contribution in [1.82, 2.24) is 19.6 Å². The van der Waals surface area contributed by atoms with Gasteiger partial charge in [0.15, 0.2) is 0 Å². The number of hydrogen-bond acceptors (Lipinski definition) is 5. The number of H-pyrrole nitrogens is 1. The van der Waals surface area contributed by atoms with Crippen LogP contribution in [-0.4, -0.2) is 42.8 Å². The fraction of sp³-hybridized carbons (Fsp3) is 0.143. The van der Waals surface area contributed by atoms with Crippen LogP contribution in [0, 0.1) is 0 Å². The molecule has 2 N–H and O–H groups in total. The zero-order chi connectivity index (χ0) is 32.0. The Hall–Kier alpha value is -4.41. The van der Waals surface area contributed by atoms with Gasteiger partial charge in [0.1, 0.15) is 10.6 Å². The van der Waals surface area contributed by atoms with Gasteiger partial charge in [-0.1, -0.05) is 71.7 Å². The third-order valence-electron chi connectivity index (χ3n) is 8.44. The number of carbonyl (C=O) groups is 1. The highest BCUT2D eigenvalue weighted by molar-refractivity contribution is 7.89. The van der Waals surface area contributed by atoms with Gasteiger partial charge in [0.05, 0.1) is 28.8 Å². The Kier molecular flexibility index (Phi) is 7.94. The predicted molar refractivity (Wildman–Crippen MR) is 180 cm³/mol. The average Bonchev–Trinajstić information content (AvgIpc) is 3.45. The van der Waals surface area contributed by atoms with Gasteiger partial charge in [-0.15, -0.1) is 0 Å². The molecule has 2 aromatic heterocycles. The molecule has 0 spiro atoms. The van der Waals surface area contributed by atoms with E-state index in [0.29, 0.717) is 18.5 Å². The van der Waals surface area contributed by atoms with Crippen LogP contribution in [0.3, 0.4) is 0 Å². The lowest BCUT2D eigenvalue weighted by molar-refractivity contribution is 0.0693. The largest absolute Gasteiger partial charge is 0.497 e. The molecule has 7 rings (SSSR count). The number of aromatic amines is 1. The van der Waals surface area contributed by atoms with Crippen LogP contribution in [-0.2, 0) is 23.0 Å². The standard InChI is InChI=1S/C35H28Cl2N4O4S/c1-45-23-11-12-31-27(16-23)25-13-15-41(34(33(25)40-31)26-10-4-8-22-7-2-3-9-24(22)26)35(42)28-17-32(30(37)18-29(28)36)46(43,44)39-20-21-6-5-14-38-19-21/h2-12,14,16-19,34,39-40H,13,15,20H2,1H3. The number of sulfonamides is 1. The number of methoxy groups -OCH3 is 1. The third kappa shape index (κ3) is 5.39. The number of fused-ring (bicyclic) bond motifs is 4. The number of pyridine rings is 1. The monoisotopic (exact) mass is 670 g/mol. The van der Waals surface area contributed by atoms with Crippen molar-refractivity contribution in [2.45, 2.75) is 23.9 Å². The lowest BCUT2D eigenvalue weighted by Gasteiger charge is -2.37. The molecule has 0 radical (unpaired) electrons. The number of hydrogen-bond donors (Lipinski definition) is 2. The number of carbonyl (C=O) groups excluding carboxylic acids is 1. The van der Waals surface area contributed by atoms with Crippen LogP contribution < -0.4 is 9.46 Å². The Labute approximate surface area is 276 Å². The lowest BCUT2D eigenvalue weighted by Crippen LogP contribution is -2.41. The summed E-state index contributed by atoms with van der Waals surface area (Å²) >= 11 is 13.1. The molecule has 1 aliphatic rings. The first-order chi connectivity index (χ1) is 22.2. The molecule has 0 bridgehead atoms. The van der Waals surface area contributed by atoms with Crippen molar-refractivity contribution >= 4 is 60.8 Å². The van der Waals surface area contributed by atoms with Gasteiger partial charge in [-0.3, -0.25) is 9.78 Å². The minimum atomic E-state index is -4.12. The molecule has 6 aromatic rings. The summed E-state index contributed by atoms with van der Waals surface area (Å²) < 4.78 is 34.9. The maximum absolute atomic E-state index is 14.6. The molecule has 0 aliphatic carbocycles. The predicted octanol–water partition coefficient (Wildman–Crippen LogP) is 7.30. The second-order valence-corrected chi connectivity index (χ2v) is 13.6. The van der Waals surface area contributed by atoms with Crippen LogP contribution in [0.1, 0.15) is 38.8 Å². The average molecular weight is 672 g/mol. The van der Waals surface area contributed by atoms with Crippen molar-refractivity contribution < 1.29 is 17.9 Å². The smallest absolute Gasteiger partial charge is 0.256 e. The number of benzene rings is 4. The van der Waals surface area contributed by atoms with Gasteiger partial charge in [-0.25, -0.2) is 13.1 Å². The van der Waals surface area contributed by atoms with E-state index >= 15 is 0 Å². The quantitative estimate of drug-likeness (QED) is 0.186. The third-order valence-corrected chi connectivity index (χ3v) is 10.6. The Morgan fingerprint density at radius 1 is 1.00 bits per heavy atom. The van der Waals surface area contributed by atoms with Crippen molar-refractivity contribution in [3.05, 3.63) is 135 Å². The van der Waals surface area contributed by atoms with Gasteiger partial charge >= 0.3 is 0 Å². The molecule has 1 amide bonds. The van der Waals surface area contributed by atoms with E-state index in [4.69, 9.17) is 27.9 Å². The van der Waals surface area contributed by atoms with Gasteiger partial charge in [-0.05, 0) is 70.3 Å². The Morgan fingerprint density at radius 3 is 2.63 bits per heavy atom. The summed E-state index contributed by atoms with van der Waals surface area (Å²) in [6.45, 7) is 0.367. The first kappa shape index (κ1) is 30.3. The molecular formula is C35H28Cl2N4O4S. The van der Waals surface area contributed by atoms with Crippen molar-refractivity contribution in [3.8, 4) is 5.75 Å². The van der Waals surface area contributed by atoms with E-state index < -0.39 is 22.0 Å². The van der Waals surface area contributed by atoms with Gasteiger partial charge in [0, 0.05) is 42.1 Å². The van der Waals surface area contributed by atoms with Gasteiger partial charge in [-0.2, -0.15) is 0 Å². The molecule has 4 aromatic carbocycles. The zero-order valence-electron chi connectivity index (χ0n) is 24.6. The summed E-state index contributed by atoms with van der Waals surface area (Å²) in [6.07, 6.45) is 3.74. The Bertz CT molecular complexity index is 2230. The molecular weight excluding hydrogens is 643 g/mol. The summed E-state index contributed by atoms with van der Waals surface area (Å²) in [5.41, 5.74) is 4.56. The highest BCUT2D eigenvalue weighted by Gasteiger charge is 2.37. The molecule has 1 unspecified atom stereocenters. The zero-order valence-corrected chi connectivity index (χ0v) is 27.0. The number of nitrogens with zero attached hydrogens (tertiary/aromatic N) is 2. The molecule has 0 fully saturated rings. The maximum Gasteiger partial charge on any atom is 0.256 e. The number of rotatable bonds is 7. The SMILES string of the molecule is COc1ccc2[nH]c3c(c2c1)CCN(C(=O)c1cc(S(=O)(=O)NCc2cccnc2)c(Cl)cc1Cl)C3c1cccc2ccccc12. The number of nitrogens with one attached hydrogen (secondary N) is 2. The van der Waals surface area contributed by atoms with Crippen molar-refractivity contribution in [2.75, 3.05) is 13.7 Å². The summed E-state index contributed by atoms with van der Waals surface area (Å²) in [4.78, 5) is 23.7. The summed E-state index contributed by atoms with van der Waals surface area (Å²) in [5.74, 6) is 0.332. The van der Waals surface area contributed by atoms with E-state index in [0.717, 1.165) is 44.2 Å². The van der Waals surface area contributed by atoms with E-state index in [1.165, 1.54) is 12.1 Å². The molecule has 8 nitrogen and oxygen atoms in total. The molecule has 232 valence electrons. The maximum atomic E-state index is 14.6. The van der Waals surface area contributed by atoms with E-state index in [-0.39, 0.29) is 27.0 Å². The van der Waals surface area contributed by atoms with Crippen LogP contribution in [0.25, 0.3) is 21.7 Å². The molecule has 1 aliphatic heterocycles. The van der Waals surface area contributed by atoms with Crippen LogP contribution in [0.4, 0.5) is 0 Å². The van der Waals surface area contributed by atoms with E-state index in [9.17, 15) is 13.2 Å². The summed E-state index contributed by atoms with van der Waals surface area (Å²) in [7, 11) is -2.48. The molecule has 0 saturated carbocycles. The first-order valence-corrected chi connectivity index (χ1v) is 16.8. The number of halogens is 2. The van der Waals surface area contributed by atoms with Crippen molar-refractivity contribution in [1.29, 1.82) is 0 Å². The minimum Gasteiger partial charge on any atom is -0.497 e. The van der Waals surface area contributed by atoms with Crippen molar-refractivity contribution in [3.63, 3.8) is 0 Å². The highest BCUT2D eigenvalue weighted by atomic mass is 35.5.